The Bertz CT molecular complexity index is 390. The molecule has 5 saturated heterocycles. The van der Waals surface area contributed by atoms with Gasteiger partial charge in [0.1, 0.15) is 0 Å². The monoisotopic (exact) mass is 646 g/mol. The summed E-state index contributed by atoms with van der Waals surface area (Å²) in [6.07, 6.45) is 7.38. The summed E-state index contributed by atoms with van der Waals surface area (Å²) in [5.74, 6) is 7.08. The molecule has 0 amide bonds. The maximum atomic E-state index is 2.60. The van der Waals surface area contributed by atoms with E-state index in [-0.39, 0.29) is 0 Å². The third-order valence-electron chi connectivity index (χ3n) is 4.73. The van der Waals surface area contributed by atoms with E-state index in [0.29, 0.717) is 0 Å². The van der Waals surface area contributed by atoms with Crippen molar-refractivity contribution in [3.05, 3.63) is 0 Å². The molecule has 0 aromatic carbocycles. The molecule has 5 aliphatic rings. The quantitative estimate of drug-likeness (QED) is 0.214. The van der Waals surface area contributed by atoms with Gasteiger partial charge in [0.15, 0.2) is 0 Å². The van der Waals surface area contributed by atoms with E-state index in [0.717, 1.165) is 22.9 Å². The summed E-state index contributed by atoms with van der Waals surface area (Å²) in [7, 11) is 9.93. The molecule has 0 N–H and O–H groups in total. The molecule has 5 atom stereocenters. The van der Waals surface area contributed by atoms with Crippen LogP contribution in [-0.4, -0.2) is 62.1 Å². The van der Waals surface area contributed by atoms with Gasteiger partial charge in [-0.3, -0.25) is 0 Å². The Kier molecular flexibility index (Phi) is 8.23. The van der Waals surface area contributed by atoms with Crippen LogP contribution in [-0.2, 0) is 0 Å². The van der Waals surface area contributed by atoms with Crippen LogP contribution in [0.5, 0.6) is 0 Å². The predicted molar refractivity (Wildman–Crippen MR) is 148 cm³/mol. The number of thioether (sulfide) groups is 5. The van der Waals surface area contributed by atoms with Gasteiger partial charge in [-0.1, -0.05) is 0 Å². The van der Waals surface area contributed by atoms with Crippen LogP contribution in [0.1, 0.15) is 32.1 Å². The molecule has 5 aliphatic heterocycles. The molecule has 0 aliphatic carbocycles. The topological polar surface area (TPSA) is 0 Å². The van der Waals surface area contributed by atoms with E-state index in [1.807, 2.05) is 0 Å². The fraction of sp³-hybridized carbons (Fsp3) is 1.00. The SMILES string of the molecule is C1CC([S][Sb]([S]C2CCS2)([S]C2CCS2)([S]C2CCS2)[S]C2CCS2)S1. The second-order valence-electron chi connectivity index (χ2n) is 6.72. The third-order valence-corrected chi connectivity index (χ3v) is 84.4. The van der Waals surface area contributed by atoms with Crippen molar-refractivity contribution in [2.75, 3.05) is 28.8 Å². The van der Waals surface area contributed by atoms with Crippen LogP contribution in [0.25, 0.3) is 0 Å². The summed E-state index contributed by atoms with van der Waals surface area (Å²) >= 11 is 11.4. The average Bonchev–Trinajstić information content (AvgIpc) is 2.44. The second kappa shape index (κ2) is 9.67. The molecule has 11 heteroatoms. The van der Waals surface area contributed by atoms with Gasteiger partial charge in [0, 0.05) is 0 Å². The summed E-state index contributed by atoms with van der Waals surface area (Å²) in [5.41, 5.74) is 0. The fourth-order valence-electron chi connectivity index (χ4n) is 2.69. The minimum atomic E-state index is -3.07. The van der Waals surface area contributed by atoms with Crippen LogP contribution < -0.4 is 0 Å². The van der Waals surface area contributed by atoms with E-state index >= 15 is 0 Å². The first kappa shape index (κ1) is 22.1. The molecule has 0 bridgehead atoms. The summed E-state index contributed by atoms with van der Waals surface area (Å²) in [6.45, 7) is 0. The Labute approximate surface area is 194 Å². The normalized spacial score (nSPS) is 40.8. The van der Waals surface area contributed by atoms with Crippen molar-refractivity contribution >= 4 is 113 Å². The molecule has 5 unspecified atom stereocenters. The number of hydrogen-bond donors (Lipinski definition) is 0. The van der Waals surface area contributed by atoms with Crippen molar-refractivity contribution < 1.29 is 0 Å². The Morgan fingerprint density at radius 3 is 0.731 bits per heavy atom. The zero-order valence-corrected chi connectivity index (χ0v) is 25.2. The molecule has 5 rings (SSSR count). The average molecular weight is 648 g/mol. The maximum absolute atomic E-state index is 3.07. The van der Waals surface area contributed by atoms with Gasteiger partial charge in [-0.15, -0.1) is 0 Å². The van der Waals surface area contributed by atoms with E-state index in [1.54, 1.807) is 0 Å². The standard InChI is InChI=1S/5C3H6S2.Sb/c5*4-3-1-2-5-3;/h5*3-4H,1-2H2;/q;;;;;+5/p-5. The first-order chi connectivity index (χ1) is 12.7. The molecule has 5 fully saturated rings. The van der Waals surface area contributed by atoms with E-state index in [1.165, 1.54) is 60.9 Å². The van der Waals surface area contributed by atoms with Gasteiger partial charge < -0.3 is 0 Å². The summed E-state index contributed by atoms with van der Waals surface area (Å²) in [6, 6.07) is 0. The fourth-order valence-corrected chi connectivity index (χ4v) is 136. The van der Waals surface area contributed by atoms with Crippen molar-refractivity contribution in [1.29, 1.82) is 0 Å². The van der Waals surface area contributed by atoms with Gasteiger partial charge in [0.2, 0.25) is 0 Å². The van der Waals surface area contributed by atoms with E-state index in [9.17, 15) is 0 Å². The molecule has 0 spiro atoms. The van der Waals surface area contributed by atoms with Gasteiger partial charge >= 0.3 is 197 Å². The van der Waals surface area contributed by atoms with Gasteiger partial charge in [0.05, 0.1) is 0 Å². The van der Waals surface area contributed by atoms with Crippen LogP contribution in [0.4, 0.5) is 0 Å². The minimum absolute atomic E-state index is 0.919. The van der Waals surface area contributed by atoms with Crippen molar-refractivity contribution in [2.45, 2.75) is 55.0 Å². The van der Waals surface area contributed by atoms with Crippen LogP contribution in [0.15, 0.2) is 0 Å². The Balaban J connectivity index is 1.46. The summed E-state index contributed by atoms with van der Waals surface area (Å²) < 4.78 is 4.59. The molecule has 0 saturated carbocycles. The molecule has 0 radical (unpaired) electrons. The van der Waals surface area contributed by atoms with E-state index in [4.69, 9.17) is 0 Å². The molecule has 0 aromatic rings. The molecule has 0 aromatic heterocycles. The van der Waals surface area contributed by atoms with Crippen molar-refractivity contribution in [1.82, 2.24) is 0 Å². The van der Waals surface area contributed by atoms with Crippen molar-refractivity contribution in [2.24, 2.45) is 0 Å². The van der Waals surface area contributed by atoms with Gasteiger partial charge in [0.25, 0.3) is 0 Å². The van der Waals surface area contributed by atoms with Crippen LogP contribution in [0.3, 0.4) is 0 Å². The van der Waals surface area contributed by atoms with E-state index in [2.05, 4.69) is 103 Å². The molecule has 0 nitrogen and oxygen atoms in total. The van der Waals surface area contributed by atoms with Crippen LogP contribution in [0.2, 0.25) is 0 Å². The summed E-state index contributed by atoms with van der Waals surface area (Å²) in [4.78, 5) is 0. The van der Waals surface area contributed by atoms with E-state index < -0.39 is 10.4 Å². The van der Waals surface area contributed by atoms with Crippen LogP contribution in [0, 0.1) is 0 Å². The zero-order chi connectivity index (χ0) is 17.5. The molecular formula is C15H25S10Sb. The van der Waals surface area contributed by atoms with Crippen LogP contribution >= 0.6 is 103 Å². The van der Waals surface area contributed by atoms with Gasteiger partial charge in [-0.25, -0.2) is 0 Å². The zero-order valence-electron chi connectivity index (χ0n) is 14.5. The first-order valence-corrected chi connectivity index (χ1v) is 34.3. The predicted octanol–water partition coefficient (Wildman–Crippen LogP) is 7.85. The third kappa shape index (κ3) is 5.11. The van der Waals surface area contributed by atoms with Gasteiger partial charge in [-0.2, -0.15) is 0 Å². The molecule has 150 valence electrons. The van der Waals surface area contributed by atoms with Crippen molar-refractivity contribution in [3.63, 3.8) is 0 Å². The Morgan fingerprint density at radius 1 is 0.423 bits per heavy atom. The summed E-state index contributed by atoms with van der Waals surface area (Å²) in [5, 5.41) is 0. The first-order valence-electron chi connectivity index (χ1n) is 9.25. The Hall–Kier alpha value is 4.32. The Morgan fingerprint density at radius 2 is 0.615 bits per heavy atom. The van der Waals surface area contributed by atoms with Gasteiger partial charge in [-0.05, 0) is 0 Å². The number of hydrogen-bond acceptors (Lipinski definition) is 10. The molecular weight excluding hydrogens is 623 g/mol. The van der Waals surface area contributed by atoms with Crippen molar-refractivity contribution in [3.8, 4) is 0 Å². The second-order valence-corrected chi connectivity index (χ2v) is 71.9. The molecule has 26 heavy (non-hydrogen) atoms. The number of rotatable bonds is 10. The molecule has 5 heterocycles.